The average Bonchev–Trinajstić information content (AvgIpc) is 3.08. The van der Waals surface area contributed by atoms with E-state index in [-0.39, 0.29) is 5.91 Å². The summed E-state index contributed by atoms with van der Waals surface area (Å²) in [7, 11) is 0. The van der Waals surface area contributed by atoms with Gasteiger partial charge in [0.05, 0.1) is 11.2 Å². The number of likely N-dealkylation sites (tertiary alicyclic amines) is 1. The van der Waals surface area contributed by atoms with Crippen LogP contribution in [0, 0.1) is 18.8 Å². The Kier molecular flexibility index (Phi) is 9.15. The second-order valence-corrected chi connectivity index (χ2v) is 10.5. The first kappa shape index (κ1) is 24.8. The fraction of sp³-hybridized carbons (Fsp3) is 0.704. The monoisotopic (exact) mass is 440 g/mol. The van der Waals surface area contributed by atoms with E-state index in [4.69, 9.17) is 5.10 Å². The van der Waals surface area contributed by atoms with Crippen LogP contribution in [0.5, 0.6) is 0 Å². The molecule has 5 heteroatoms. The number of fused-ring (bicyclic) bond motifs is 1. The molecule has 0 N–H and O–H groups in total. The van der Waals surface area contributed by atoms with Crippen molar-refractivity contribution in [3.8, 4) is 0 Å². The van der Waals surface area contributed by atoms with Crippen LogP contribution in [-0.2, 0) is 6.42 Å². The first-order valence-electron chi connectivity index (χ1n) is 12.8. The molecule has 0 radical (unpaired) electrons. The molecule has 3 rings (SSSR count). The zero-order chi connectivity index (χ0) is 23.1. The number of aromatic nitrogens is 2. The molecule has 3 heterocycles. The molecule has 1 saturated heterocycles. The molecular formula is C27H44N4O. The molecule has 2 aromatic rings. The third-order valence-electron chi connectivity index (χ3n) is 6.77. The number of pyridine rings is 1. The number of rotatable bonds is 11. The first-order valence-corrected chi connectivity index (χ1v) is 12.8. The molecule has 1 aliphatic heterocycles. The summed E-state index contributed by atoms with van der Waals surface area (Å²) in [4.78, 5) is 18.1. The molecule has 0 saturated carbocycles. The Morgan fingerprint density at radius 1 is 1.06 bits per heavy atom. The van der Waals surface area contributed by atoms with Gasteiger partial charge in [-0.3, -0.25) is 4.79 Å². The number of carbonyl (C=O) groups excluding carboxylic acids is 1. The second-order valence-electron chi connectivity index (χ2n) is 10.5. The quantitative estimate of drug-likeness (QED) is 0.457. The lowest BCUT2D eigenvalue weighted by Gasteiger charge is -2.26. The lowest BCUT2D eigenvalue weighted by Crippen LogP contribution is -2.34. The molecule has 1 aliphatic rings. The van der Waals surface area contributed by atoms with Gasteiger partial charge < -0.3 is 9.80 Å². The summed E-state index contributed by atoms with van der Waals surface area (Å²) in [6, 6.07) is 4.02. The molecule has 0 spiro atoms. The average molecular weight is 441 g/mol. The minimum atomic E-state index is 0.159. The Balaban J connectivity index is 1.73. The molecule has 2 aromatic heterocycles. The maximum Gasteiger partial charge on any atom is 0.253 e. The van der Waals surface area contributed by atoms with Crippen molar-refractivity contribution in [2.24, 2.45) is 11.8 Å². The topological polar surface area (TPSA) is 40.9 Å². The van der Waals surface area contributed by atoms with Gasteiger partial charge >= 0.3 is 0 Å². The van der Waals surface area contributed by atoms with E-state index in [2.05, 4.69) is 50.5 Å². The largest absolute Gasteiger partial charge is 0.339 e. The van der Waals surface area contributed by atoms with E-state index >= 15 is 0 Å². The van der Waals surface area contributed by atoms with Crippen molar-refractivity contribution in [1.82, 2.24) is 19.4 Å². The Labute approximate surface area is 195 Å². The summed E-state index contributed by atoms with van der Waals surface area (Å²) in [5, 5.41) is 4.72. The zero-order valence-electron chi connectivity index (χ0n) is 21.1. The van der Waals surface area contributed by atoms with E-state index < -0.39 is 0 Å². The van der Waals surface area contributed by atoms with Crippen LogP contribution in [0.2, 0.25) is 0 Å². The maximum absolute atomic E-state index is 13.4. The predicted molar refractivity (Wildman–Crippen MR) is 133 cm³/mol. The van der Waals surface area contributed by atoms with Crippen molar-refractivity contribution < 1.29 is 4.79 Å². The molecule has 1 fully saturated rings. The van der Waals surface area contributed by atoms with Crippen LogP contribution in [0.1, 0.15) is 87.8 Å². The van der Waals surface area contributed by atoms with Gasteiger partial charge in [0.25, 0.3) is 5.91 Å². The summed E-state index contributed by atoms with van der Waals surface area (Å²) < 4.78 is 1.95. The highest BCUT2D eigenvalue weighted by atomic mass is 16.2. The van der Waals surface area contributed by atoms with Gasteiger partial charge in [-0.2, -0.15) is 5.10 Å². The van der Waals surface area contributed by atoms with Gasteiger partial charge in [0, 0.05) is 30.4 Å². The van der Waals surface area contributed by atoms with Crippen molar-refractivity contribution in [3.05, 3.63) is 35.2 Å². The highest BCUT2D eigenvalue weighted by Crippen LogP contribution is 2.21. The molecule has 0 unspecified atom stereocenters. The van der Waals surface area contributed by atoms with Crippen molar-refractivity contribution in [2.45, 2.75) is 79.6 Å². The molecule has 5 nitrogen and oxygen atoms in total. The minimum Gasteiger partial charge on any atom is -0.339 e. The normalized spacial score (nSPS) is 15.2. The third-order valence-corrected chi connectivity index (χ3v) is 6.77. The van der Waals surface area contributed by atoms with Gasteiger partial charge in [-0.15, -0.1) is 0 Å². The van der Waals surface area contributed by atoms with Crippen molar-refractivity contribution in [1.29, 1.82) is 0 Å². The summed E-state index contributed by atoms with van der Waals surface area (Å²) in [5.74, 6) is 1.35. The van der Waals surface area contributed by atoms with Crippen LogP contribution < -0.4 is 0 Å². The number of hydrogen-bond acceptors (Lipinski definition) is 3. The molecular weight excluding hydrogens is 396 g/mol. The highest BCUT2D eigenvalue weighted by molar-refractivity contribution is 5.95. The Morgan fingerprint density at radius 2 is 1.72 bits per heavy atom. The van der Waals surface area contributed by atoms with Crippen LogP contribution in [0.15, 0.2) is 18.3 Å². The van der Waals surface area contributed by atoms with E-state index in [1.165, 1.54) is 37.9 Å². The zero-order valence-corrected chi connectivity index (χ0v) is 21.1. The smallest absolute Gasteiger partial charge is 0.253 e. The molecule has 178 valence electrons. The van der Waals surface area contributed by atoms with Crippen LogP contribution >= 0.6 is 0 Å². The number of aryl methyl sites for hydroxylation is 2. The molecule has 1 amide bonds. The lowest BCUT2D eigenvalue weighted by atomic mass is 10.0. The van der Waals surface area contributed by atoms with Gasteiger partial charge in [-0.25, -0.2) is 4.52 Å². The van der Waals surface area contributed by atoms with Crippen LogP contribution in [0.25, 0.3) is 5.52 Å². The minimum absolute atomic E-state index is 0.159. The lowest BCUT2D eigenvalue weighted by molar-refractivity contribution is 0.0741. The Bertz CT molecular complexity index is 852. The van der Waals surface area contributed by atoms with Crippen molar-refractivity contribution >= 4 is 11.4 Å². The van der Waals surface area contributed by atoms with E-state index in [9.17, 15) is 4.79 Å². The summed E-state index contributed by atoms with van der Waals surface area (Å²) in [6.45, 7) is 16.3. The van der Waals surface area contributed by atoms with Gasteiger partial charge in [0.2, 0.25) is 0 Å². The Morgan fingerprint density at radius 3 is 2.34 bits per heavy atom. The highest BCUT2D eigenvalue weighted by Gasteiger charge is 2.19. The standard InChI is InChI=1S/C27H44N4O/c1-21(2)11-17-30(18-12-22(3)4)27(32)24-13-19-31-26(20-24)25(23(5)28-31)10-9-16-29-14-7-6-8-15-29/h13,19-22H,6-12,14-18H2,1-5H3. The van der Waals surface area contributed by atoms with Crippen LogP contribution in [-0.4, -0.2) is 58.0 Å². The number of hydrogen-bond donors (Lipinski definition) is 0. The molecule has 0 aromatic carbocycles. The van der Waals surface area contributed by atoms with Gasteiger partial charge in [-0.05, 0) is 89.1 Å². The summed E-state index contributed by atoms with van der Waals surface area (Å²) in [6.07, 6.45) is 10.3. The summed E-state index contributed by atoms with van der Waals surface area (Å²) in [5.41, 5.74) is 4.28. The SMILES string of the molecule is Cc1nn2ccc(C(=O)N(CCC(C)C)CCC(C)C)cc2c1CCCN1CCCCC1. The van der Waals surface area contributed by atoms with Gasteiger partial charge in [0.1, 0.15) is 0 Å². The van der Waals surface area contributed by atoms with Crippen molar-refractivity contribution in [2.75, 3.05) is 32.7 Å². The van der Waals surface area contributed by atoms with E-state index in [0.29, 0.717) is 11.8 Å². The van der Waals surface area contributed by atoms with Crippen LogP contribution in [0.3, 0.4) is 0 Å². The molecule has 0 aliphatic carbocycles. The molecule has 0 bridgehead atoms. The maximum atomic E-state index is 13.4. The fourth-order valence-electron chi connectivity index (χ4n) is 4.64. The van der Waals surface area contributed by atoms with Gasteiger partial charge in [0.15, 0.2) is 0 Å². The van der Waals surface area contributed by atoms with E-state index in [1.807, 2.05) is 16.8 Å². The number of piperidine rings is 1. The predicted octanol–water partition coefficient (Wildman–Crippen LogP) is 5.60. The van der Waals surface area contributed by atoms with Gasteiger partial charge in [-0.1, -0.05) is 34.1 Å². The molecule has 0 atom stereocenters. The number of amides is 1. The fourth-order valence-corrected chi connectivity index (χ4v) is 4.64. The number of nitrogens with zero attached hydrogens (tertiary/aromatic N) is 4. The Hall–Kier alpha value is -1.88. The second kappa shape index (κ2) is 11.8. The van der Waals surface area contributed by atoms with E-state index in [1.54, 1.807) is 0 Å². The molecule has 32 heavy (non-hydrogen) atoms. The first-order chi connectivity index (χ1) is 15.3. The van der Waals surface area contributed by atoms with E-state index in [0.717, 1.165) is 62.1 Å². The van der Waals surface area contributed by atoms with Crippen molar-refractivity contribution in [3.63, 3.8) is 0 Å². The third kappa shape index (κ3) is 6.81. The van der Waals surface area contributed by atoms with Crippen LogP contribution in [0.4, 0.5) is 0 Å². The number of carbonyl (C=O) groups is 1. The summed E-state index contributed by atoms with van der Waals surface area (Å²) >= 11 is 0.